The molecule has 6 heteroatoms. The molecule has 5 nitrogen and oxygen atoms in total. The summed E-state index contributed by atoms with van der Waals surface area (Å²) < 4.78 is 27.0. The smallest absolute Gasteiger partial charge is 0.240 e. The summed E-state index contributed by atoms with van der Waals surface area (Å²) in [6, 6.07) is 6.37. The number of benzene rings is 1. The van der Waals surface area contributed by atoms with Crippen molar-refractivity contribution in [3.8, 4) is 6.07 Å². The van der Waals surface area contributed by atoms with Crippen LogP contribution in [0.4, 0.5) is 0 Å². The fraction of sp³-hybridized carbons (Fsp3) is 0.533. The number of hydrogen-bond donors (Lipinski definition) is 2. The lowest BCUT2D eigenvalue weighted by atomic mass is 9.95. The fourth-order valence-electron chi connectivity index (χ4n) is 2.30. The zero-order valence-electron chi connectivity index (χ0n) is 12.8. The Balaban J connectivity index is 2.91. The minimum atomic E-state index is -3.70. The number of nitrogens with one attached hydrogen (secondary N) is 1. The first kappa shape index (κ1) is 17.6. The average Bonchev–Trinajstić information content (AvgIpc) is 2.34. The van der Waals surface area contributed by atoms with E-state index in [4.69, 9.17) is 5.26 Å². The largest absolute Gasteiger partial charge is 0.389 e. The average molecular weight is 310 g/mol. The summed E-state index contributed by atoms with van der Waals surface area (Å²) in [7, 11) is -3.70. The third-order valence-electron chi connectivity index (χ3n) is 3.08. The molecule has 0 saturated heterocycles. The molecule has 0 aromatic heterocycles. The van der Waals surface area contributed by atoms with Crippen molar-refractivity contribution in [3.05, 3.63) is 29.3 Å². The van der Waals surface area contributed by atoms with E-state index in [1.807, 2.05) is 19.9 Å². The molecule has 1 aromatic rings. The number of rotatable bonds is 6. The predicted octanol–water partition coefficient (Wildman–Crippen LogP) is 1.94. The lowest BCUT2D eigenvalue weighted by Gasteiger charge is -2.25. The number of hydrogen-bond acceptors (Lipinski definition) is 4. The van der Waals surface area contributed by atoms with Crippen LogP contribution in [0.15, 0.2) is 23.1 Å². The molecule has 1 rings (SSSR count). The third kappa shape index (κ3) is 5.12. The first-order chi connectivity index (χ1) is 9.57. The van der Waals surface area contributed by atoms with E-state index in [0.717, 1.165) is 0 Å². The molecule has 116 valence electrons. The van der Waals surface area contributed by atoms with Crippen LogP contribution in [0.2, 0.25) is 0 Å². The highest BCUT2D eigenvalue weighted by atomic mass is 32.2. The molecule has 0 bridgehead atoms. The van der Waals surface area contributed by atoms with Crippen molar-refractivity contribution in [1.82, 2.24) is 4.72 Å². The minimum Gasteiger partial charge on any atom is -0.389 e. The highest BCUT2D eigenvalue weighted by molar-refractivity contribution is 7.89. The number of nitriles is 1. The van der Waals surface area contributed by atoms with Gasteiger partial charge in [-0.2, -0.15) is 5.26 Å². The van der Waals surface area contributed by atoms with Gasteiger partial charge in [0.15, 0.2) is 0 Å². The van der Waals surface area contributed by atoms with Gasteiger partial charge in [-0.25, -0.2) is 13.1 Å². The van der Waals surface area contributed by atoms with Crippen LogP contribution in [0.25, 0.3) is 0 Å². The van der Waals surface area contributed by atoms with Crippen LogP contribution in [-0.4, -0.2) is 25.7 Å². The van der Waals surface area contributed by atoms with Crippen LogP contribution in [-0.2, 0) is 10.0 Å². The summed E-state index contributed by atoms with van der Waals surface area (Å²) in [5.74, 6) is 0.265. The van der Waals surface area contributed by atoms with Gasteiger partial charge in [0.05, 0.1) is 22.1 Å². The SMILES string of the molecule is Cc1cc(C#N)ccc1S(=O)(=O)NCC(C)(O)CC(C)C. The topological polar surface area (TPSA) is 90.2 Å². The number of sulfonamides is 1. The molecular weight excluding hydrogens is 288 g/mol. The summed E-state index contributed by atoms with van der Waals surface area (Å²) in [4.78, 5) is 0.127. The van der Waals surface area contributed by atoms with Crippen LogP contribution in [0.3, 0.4) is 0 Å². The van der Waals surface area contributed by atoms with E-state index in [-0.39, 0.29) is 17.4 Å². The van der Waals surface area contributed by atoms with Gasteiger partial charge in [-0.15, -0.1) is 0 Å². The monoisotopic (exact) mass is 310 g/mol. The first-order valence-corrected chi connectivity index (χ1v) is 8.28. The molecule has 0 fully saturated rings. The maximum atomic E-state index is 12.3. The van der Waals surface area contributed by atoms with Gasteiger partial charge in [-0.3, -0.25) is 0 Å². The van der Waals surface area contributed by atoms with Crippen LogP contribution < -0.4 is 4.72 Å². The molecule has 1 unspecified atom stereocenters. The standard InChI is InChI=1S/C15H22N2O3S/c1-11(2)8-15(4,18)10-17-21(19,20)14-6-5-13(9-16)7-12(14)3/h5-7,11,17-18H,8,10H2,1-4H3. The minimum absolute atomic E-state index is 0.0487. The summed E-state index contributed by atoms with van der Waals surface area (Å²) >= 11 is 0. The summed E-state index contributed by atoms with van der Waals surface area (Å²) in [5, 5.41) is 19.0. The molecule has 0 radical (unpaired) electrons. The van der Waals surface area contributed by atoms with Crippen molar-refractivity contribution in [2.45, 2.75) is 44.6 Å². The molecular formula is C15H22N2O3S. The quantitative estimate of drug-likeness (QED) is 0.840. The summed E-state index contributed by atoms with van der Waals surface area (Å²) in [6.45, 7) is 7.14. The van der Waals surface area contributed by atoms with Crippen molar-refractivity contribution >= 4 is 10.0 Å². The van der Waals surface area contributed by atoms with E-state index >= 15 is 0 Å². The molecule has 1 aromatic carbocycles. The highest BCUT2D eigenvalue weighted by Gasteiger charge is 2.25. The van der Waals surface area contributed by atoms with Crippen molar-refractivity contribution < 1.29 is 13.5 Å². The van der Waals surface area contributed by atoms with Crippen LogP contribution in [0.5, 0.6) is 0 Å². The van der Waals surface area contributed by atoms with E-state index in [9.17, 15) is 13.5 Å². The molecule has 0 spiro atoms. The van der Waals surface area contributed by atoms with Crippen molar-refractivity contribution in [3.63, 3.8) is 0 Å². The molecule has 0 aliphatic rings. The van der Waals surface area contributed by atoms with Gasteiger partial charge in [-0.1, -0.05) is 13.8 Å². The molecule has 0 aliphatic heterocycles. The second-order valence-corrected chi connectivity index (χ2v) is 7.75. The Morgan fingerprint density at radius 2 is 2.05 bits per heavy atom. The molecule has 0 heterocycles. The highest BCUT2D eigenvalue weighted by Crippen LogP contribution is 2.19. The van der Waals surface area contributed by atoms with E-state index < -0.39 is 15.6 Å². The van der Waals surface area contributed by atoms with Gasteiger partial charge in [0.1, 0.15) is 0 Å². The maximum Gasteiger partial charge on any atom is 0.240 e. The summed E-state index contributed by atoms with van der Waals surface area (Å²) in [5.41, 5.74) is -0.176. The van der Waals surface area contributed by atoms with E-state index in [0.29, 0.717) is 17.5 Å². The lowest BCUT2D eigenvalue weighted by Crippen LogP contribution is -2.41. The van der Waals surface area contributed by atoms with Gasteiger partial charge in [0, 0.05) is 6.54 Å². The van der Waals surface area contributed by atoms with E-state index in [1.54, 1.807) is 13.8 Å². The molecule has 1 atom stereocenters. The van der Waals surface area contributed by atoms with Gasteiger partial charge in [0.25, 0.3) is 0 Å². The van der Waals surface area contributed by atoms with Gasteiger partial charge in [0.2, 0.25) is 10.0 Å². The van der Waals surface area contributed by atoms with Crippen LogP contribution in [0, 0.1) is 24.2 Å². The Kier molecular flexibility index (Phi) is 5.51. The Bertz CT molecular complexity index is 643. The number of aliphatic hydroxyl groups is 1. The van der Waals surface area contributed by atoms with Gasteiger partial charge < -0.3 is 5.11 Å². The lowest BCUT2D eigenvalue weighted by molar-refractivity contribution is 0.0436. The molecule has 21 heavy (non-hydrogen) atoms. The van der Waals surface area contributed by atoms with E-state index in [1.165, 1.54) is 18.2 Å². The number of nitrogens with zero attached hydrogens (tertiary/aromatic N) is 1. The first-order valence-electron chi connectivity index (χ1n) is 6.80. The zero-order valence-corrected chi connectivity index (χ0v) is 13.7. The molecule has 2 N–H and O–H groups in total. The molecule has 0 aliphatic carbocycles. The predicted molar refractivity (Wildman–Crippen MR) is 81.2 cm³/mol. The molecule has 0 amide bonds. The second-order valence-electron chi connectivity index (χ2n) is 6.01. The normalized spacial score (nSPS) is 14.7. The van der Waals surface area contributed by atoms with Crippen molar-refractivity contribution in [1.29, 1.82) is 5.26 Å². The van der Waals surface area contributed by atoms with Crippen LogP contribution >= 0.6 is 0 Å². The van der Waals surface area contributed by atoms with Crippen molar-refractivity contribution in [2.75, 3.05) is 6.54 Å². The Morgan fingerprint density at radius 3 is 2.52 bits per heavy atom. The second kappa shape index (κ2) is 6.56. The molecule has 0 saturated carbocycles. The third-order valence-corrected chi connectivity index (χ3v) is 4.65. The van der Waals surface area contributed by atoms with Gasteiger partial charge in [-0.05, 0) is 49.9 Å². The number of aryl methyl sites for hydroxylation is 1. The maximum absolute atomic E-state index is 12.3. The van der Waals surface area contributed by atoms with Crippen LogP contribution in [0.1, 0.15) is 38.3 Å². The Hall–Kier alpha value is -1.42. The fourth-order valence-corrected chi connectivity index (χ4v) is 3.69. The Morgan fingerprint density at radius 1 is 1.43 bits per heavy atom. The Labute approximate surface area is 126 Å². The zero-order chi connectivity index (χ0) is 16.3. The van der Waals surface area contributed by atoms with Gasteiger partial charge >= 0.3 is 0 Å². The summed E-state index contributed by atoms with van der Waals surface area (Å²) in [6.07, 6.45) is 0.502. The van der Waals surface area contributed by atoms with E-state index in [2.05, 4.69) is 4.72 Å². The van der Waals surface area contributed by atoms with Crippen molar-refractivity contribution in [2.24, 2.45) is 5.92 Å².